The van der Waals surface area contributed by atoms with Crippen molar-refractivity contribution < 1.29 is 8.85 Å². The van der Waals surface area contributed by atoms with Crippen LogP contribution in [0.25, 0.3) is 56.5 Å². The van der Waals surface area contributed by atoms with Crippen LogP contribution < -0.4 is 21.8 Å². The summed E-state index contributed by atoms with van der Waals surface area (Å²) in [6.07, 6.45) is 7.97. The zero-order valence-corrected chi connectivity index (χ0v) is 39.5. The lowest BCUT2D eigenvalue weighted by Crippen LogP contribution is -2.66. The smallest absolute Gasteiger partial charge is 0.477 e. The number of rotatable bonds is 14. The molecule has 6 N–H and O–H groups in total. The summed E-state index contributed by atoms with van der Waals surface area (Å²) in [6.45, 7) is 0. The minimum atomic E-state index is -3.95. The van der Waals surface area contributed by atoms with Gasteiger partial charge in [0.05, 0.1) is 22.8 Å². The Morgan fingerprint density at radius 1 is 0.380 bits per heavy atom. The standard InChI is InChI=1S/C60H48N8O2Si/c61-59(67-65-53(43-23-7-1-8-24-43)41-39-51-49-35-19-21-37-55(49)63-57(51)45-27-11-3-12-28-45)69-71(47-31-15-5-16-32-47,48-33-17-6-18-34-48)70-60(62)68-66-54(44-25-9-2-10-26-44)42-40-52-50-36-20-22-38-56(50)64-58(52)46-29-13-4-14-30-46/h1-42,63-64H,(H2,61,67)(H2,62,68)/b41-39+,42-40+,65-53-,66-54-. The van der Waals surface area contributed by atoms with Crippen LogP contribution in [0.5, 0.6) is 0 Å². The van der Waals surface area contributed by atoms with Crippen molar-refractivity contribution in [3.8, 4) is 22.5 Å². The van der Waals surface area contributed by atoms with Crippen LogP contribution in [0.1, 0.15) is 22.3 Å². The first kappa shape index (κ1) is 45.2. The van der Waals surface area contributed by atoms with Gasteiger partial charge in [0.2, 0.25) is 0 Å². The second-order valence-electron chi connectivity index (χ2n) is 16.4. The highest BCUT2D eigenvalue weighted by molar-refractivity contribution is 6.94. The fourth-order valence-corrected chi connectivity index (χ4v) is 11.3. The molecule has 0 aliphatic rings. The van der Waals surface area contributed by atoms with Gasteiger partial charge in [0.1, 0.15) is 0 Å². The first-order valence-corrected chi connectivity index (χ1v) is 24.9. The number of allylic oxidation sites excluding steroid dienone is 2. The van der Waals surface area contributed by atoms with Gasteiger partial charge >= 0.3 is 8.56 Å². The molecular formula is C60H48N8O2Si. The van der Waals surface area contributed by atoms with Crippen LogP contribution in [0.15, 0.2) is 263 Å². The SMILES string of the molecule is N\C(=N/N=C(/C=C/c1c(-c2ccccc2)[nH]c2ccccc12)c1ccccc1)O[Si](O/C(N)=N/N=C(/C=C/c1c(-c2ccccc2)[nH]c2ccccc12)c1ccccc1)(c1ccccc1)c1ccccc1. The third kappa shape index (κ3) is 10.2. The summed E-state index contributed by atoms with van der Waals surface area (Å²) in [6, 6.07) is 75.2. The maximum atomic E-state index is 6.82. The Balaban J connectivity index is 1.03. The van der Waals surface area contributed by atoms with Crippen LogP contribution in [-0.2, 0) is 8.85 Å². The summed E-state index contributed by atoms with van der Waals surface area (Å²) in [7, 11) is -3.95. The molecule has 0 unspecified atom stereocenters. The highest BCUT2D eigenvalue weighted by atomic mass is 28.4. The molecule has 0 atom stereocenters. The van der Waals surface area contributed by atoms with E-state index in [4.69, 9.17) is 30.5 Å². The molecule has 10 nitrogen and oxygen atoms in total. The van der Waals surface area contributed by atoms with Crippen molar-refractivity contribution in [2.45, 2.75) is 0 Å². The van der Waals surface area contributed by atoms with Gasteiger partial charge in [-0.2, -0.15) is 0 Å². The third-order valence-corrected chi connectivity index (χ3v) is 15.1. The Morgan fingerprint density at radius 2 is 0.704 bits per heavy atom. The largest absolute Gasteiger partial charge is 0.535 e. The van der Waals surface area contributed by atoms with Crippen molar-refractivity contribution in [3.05, 3.63) is 265 Å². The van der Waals surface area contributed by atoms with Gasteiger partial charge in [0.25, 0.3) is 12.0 Å². The lowest BCUT2D eigenvalue weighted by Gasteiger charge is -2.30. The molecule has 344 valence electrons. The minimum Gasteiger partial charge on any atom is -0.477 e. The molecule has 0 saturated carbocycles. The number of aromatic amines is 2. The van der Waals surface area contributed by atoms with Gasteiger partial charge in [-0.05, 0) is 47.6 Å². The van der Waals surface area contributed by atoms with Crippen LogP contribution >= 0.6 is 0 Å². The van der Waals surface area contributed by atoms with Gasteiger partial charge in [0, 0.05) is 54.4 Å². The number of fused-ring (bicyclic) bond motifs is 2. The monoisotopic (exact) mass is 940 g/mol. The van der Waals surface area contributed by atoms with E-state index in [-0.39, 0.29) is 12.0 Å². The number of nitrogens with zero attached hydrogens (tertiary/aromatic N) is 4. The quantitative estimate of drug-likeness (QED) is 0.0371. The van der Waals surface area contributed by atoms with Gasteiger partial charge in [-0.3, -0.25) is 0 Å². The van der Waals surface area contributed by atoms with Gasteiger partial charge in [0.15, 0.2) is 0 Å². The molecule has 10 rings (SSSR count). The number of nitrogens with one attached hydrogen (secondary N) is 2. The van der Waals surface area contributed by atoms with E-state index in [2.05, 4.69) is 80.9 Å². The molecule has 0 fully saturated rings. The average Bonchev–Trinajstić information content (AvgIpc) is 4.00. The van der Waals surface area contributed by atoms with E-state index in [1.165, 1.54) is 0 Å². The maximum absolute atomic E-state index is 6.82. The van der Waals surface area contributed by atoms with Crippen molar-refractivity contribution in [3.63, 3.8) is 0 Å². The summed E-state index contributed by atoms with van der Waals surface area (Å²) in [5, 5.41) is 22.1. The summed E-state index contributed by atoms with van der Waals surface area (Å²) in [5.74, 6) is 0. The molecule has 0 bridgehead atoms. The molecule has 0 aliphatic heterocycles. The zero-order valence-electron chi connectivity index (χ0n) is 38.5. The minimum absolute atomic E-state index is 0.236. The first-order chi connectivity index (χ1) is 35.0. The lowest BCUT2D eigenvalue weighted by atomic mass is 10.0. The van der Waals surface area contributed by atoms with Crippen molar-refractivity contribution in [2.75, 3.05) is 0 Å². The lowest BCUT2D eigenvalue weighted by molar-refractivity contribution is 0.396. The number of nitrogens with two attached hydrogens (primary N) is 2. The molecular weight excluding hydrogens is 893 g/mol. The second kappa shape index (κ2) is 21.2. The number of hydrogen-bond donors (Lipinski definition) is 4. The predicted molar refractivity (Wildman–Crippen MR) is 295 cm³/mol. The van der Waals surface area contributed by atoms with Gasteiger partial charge < -0.3 is 30.3 Å². The Labute approximate surface area is 412 Å². The molecule has 2 heterocycles. The summed E-state index contributed by atoms with van der Waals surface area (Å²) >= 11 is 0. The molecule has 71 heavy (non-hydrogen) atoms. The van der Waals surface area contributed by atoms with Gasteiger partial charge in [-0.1, -0.05) is 229 Å². The van der Waals surface area contributed by atoms with Gasteiger partial charge in [-0.15, -0.1) is 10.2 Å². The second-order valence-corrected chi connectivity index (χ2v) is 19.2. The summed E-state index contributed by atoms with van der Waals surface area (Å²) in [4.78, 5) is 7.23. The molecule has 11 heteroatoms. The number of amidine groups is 2. The van der Waals surface area contributed by atoms with Crippen molar-refractivity contribution >= 4 is 76.4 Å². The Morgan fingerprint density at radius 3 is 1.08 bits per heavy atom. The van der Waals surface area contributed by atoms with Crippen LogP contribution in [0.4, 0.5) is 0 Å². The van der Waals surface area contributed by atoms with Crippen molar-refractivity contribution in [1.29, 1.82) is 0 Å². The Hall–Kier alpha value is -9.58. The molecule has 8 aromatic carbocycles. The number of para-hydroxylation sites is 2. The van der Waals surface area contributed by atoms with E-state index in [1.54, 1.807) is 0 Å². The fraction of sp³-hybridized carbons (Fsp3) is 0. The fourth-order valence-electron chi connectivity index (χ4n) is 8.54. The van der Waals surface area contributed by atoms with E-state index < -0.39 is 8.56 Å². The maximum Gasteiger partial charge on any atom is 0.535 e. The first-order valence-electron chi connectivity index (χ1n) is 23.1. The van der Waals surface area contributed by atoms with E-state index in [1.807, 2.05) is 194 Å². The summed E-state index contributed by atoms with van der Waals surface area (Å²) < 4.78 is 13.6. The third-order valence-electron chi connectivity index (χ3n) is 11.9. The highest BCUT2D eigenvalue weighted by Crippen LogP contribution is 2.33. The van der Waals surface area contributed by atoms with Crippen molar-refractivity contribution in [2.24, 2.45) is 31.9 Å². The summed E-state index contributed by atoms with van der Waals surface area (Å²) in [5.41, 5.74) is 24.5. The zero-order chi connectivity index (χ0) is 48.2. The van der Waals surface area contributed by atoms with E-state index in [9.17, 15) is 0 Å². The van der Waals surface area contributed by atoms with Gasteiger partial charge in [-0.25, -0.2) is 0 Å². The van der Waals surface area contributed by atoms with Crippen LogP contribution in [0.3, 0.4) is 0 Å². The highest BCUT2D eigenvalue weighted by Gasteiger charge is 2.49. The Bertz CT molecular complexity index is 3350. The molecule has 2 aromatic heterocycles. The van der Waals surface area contributed by atoms with E-state index in [0.29, 0.717) is 21.8 Å². The predicted octanol–water partition coefficient (Wildman–Crippen LogP) is 11.4. The molecule has 0 radical (unpaired) electrons. The van der Waals surface area contributed by atoms with E-state index in [0.717, 1.165) is 66.6 Å². The number of hydrogen-bond acceptors (Lipinski definition) is 6. The van der Waals surface area contributed by atoms with Crippen molar-refractivity contribution in [1.82, 2.24) is 9.97 Å². The van der Waals surface area contributed by atoms with Crippen LogP contribution in [0, 0.1) is 0 Å². The topological polar surface area (TPSA) is 152 Å². The number of aromatic nitrogens is 2. The number of benzene rings is 8. The average molecular weight is 941 g/mol. The Kier molecular flexibility index (Phi) is 13.5. The number of H-pyrrole nitrogens is 2. The van der Waals surface area contributed by atoms with Crippen LogP contribution in [0.2, 0.25) is 0 Å². The molecule has 0 spiro atoms. The molecule has 0 amide bonds. The van der Waals surface area contributed by atoms with E-state index >= 15 is 0 Å². The van der Waals surface area contributed by atoms with Crippen LogP contribution in [-0.4, -0.2) is 42.0 Å². The molecule has 0 aliphatic carbocycles. The molecule has 0 saturated heterocycles. The molecule has 10 aromatic rings. The normalized spacial score (nSPS) is 12.8.